The van der Waals surface area contributed by atoms with Crippen LogP contribution in [0.2, 0.25) is 0 Å². The van der Waals surface area contributed by atoms with E-state index in [-0.39, 0.29) is 17.5 Å². The average molecular weight is 261 g/mol. The van der Waals surface area contributed by atoms with Gasteiger partial charge in [-0.05, 0) is 49.9 Å². The molecule has 18 heavy (non-hydrogen) atoms. The highest BCUT2D eigenvalue weighted by atomic mass is 19.4. The lowest BCUT2D eigenvalue weighted by Crippen LogP contribution is -2.35. The normalized spacial score (nSPS) is 25.2. The Morgan fingerprint density at radius 2 is 2.00 bits per heavy atom. The molecule has 0 amide bonds. The van der Waals surface area contributed by atoms with Crippen LogP contribution in [0.15, 0.2) is 18.2 Å². The van der Waals surface area contributed by atoms with Gasteiger partial charge in [0.05, 0.1) is 5.56 Å². The summed E-state index contributed by atoms with van der Waals surface area (Å²) in [6.07, 6.45) is -3.20. The van der Waals surface area contributed by atoms with Crippen LogP contribution in [0.5, 0.6) is 0 Å². The molecule has 0 unspecified atom stereocenters. The second kappa shape index (κ2) is 4.88. The average Bonchev–Trinajstić information content (AvgIpc) is 2.27. The fraction of sp³-hybridized carbons (Fsp3) is 0.538. The van der Waals surface area contributed by atoms with E-state index in [1.54, 1.807) is 0 Å². The number of benzene rings is 1. The van der Waals surface area contributed by atoms with Gasteiger partial charge in [-0.2, -0.15) is 13.2 Å². The number of halogens is 4. The Labute approximate surface area is 103 Å². The van der Waals surface area contributed by atoms with Crippen LogP contribution >= 0.6 is 0 Å². The van der Waals surface area contributed by atoms with Crippen molar-refractivity contribution in [2.24, 2.45) is 0 Å². The van der Waals surface area contributed by atoms with Crippen LogP contribution in [0.4, 0.5) is 17.6 Å². The summed E-state index contributed by atoms with van der Waals surface area (Å²) in [5, 5.41) is 3.20. The van der Waals surface area contributed by atoms with Crippen molar-refractivity contribution in [3.63, 3.8) is 0 Å². The fourth-order valence-electron chi connectivity index (χ4n) is 2.54. The second-order valence-electron chi connectivity index (χ2n) is 4.81. The molecular weight excluding hydrogens is 246 g/mol. The first-order chi connectivity index (χ1) is 8.38. The van der Waals surface area contributed by atoms with E-state index in [1.165, 1.54) is 6.07 Å². The van der Waals surface area contributed by atoms with Crippen LogP contribution in [0, 0.1) is 5.82 Å². The first-order valence-electron chi connectivity index (χ1n) is 5.98. The summed E-state index contributed by atoms with van der Waals surface area (Å²) in [6, 6.07) is 3.18. The van der Waals surface area contributed by atoms with Crippen LogP contribution in [-0.4, -0.2) is 12.6 Å². The van der Waals surface area contributed by atoms with E-state index < -0.39 is 17.6 Å². The van der Waals surface area contributed by atoms with Gasteiger partial charge in [-0.25, -0.2) is 4.39 Å². The topological polar surface area (TPSA) is 12.0 Å². The van der Waals surface area contributed by atoms with E-state index in [2.05, 4.69) is 5.32 Å². The molecule has 2 rings (SSSR count). The van der Waals surface area contributed by atoms with Crippen molar-refractivity contribution in [1.29, 1.82) is 0 Å². The van der Waals surface area contributed by atoms with Gasteiger partial charge in [0, 0.05) is 6.04 Å². The summed E-state index contributed by atoms with van der Waals surface area (Å²) in [5.74, 6) is -0.994. The molecule has 1 aliphatic heterocycles. The molecule has 1 nitrogen and oxygen atoms in total. The van der Waals surface area contributed by atoms with Crippen molar-refractivity contribution >= 4 is 0 Å². The van der Waals surface area contributed by atoms with E-state index in [1.807, 2.05) is 6.92 Å². The molecule has 100 valence electrons. The third-order valence-electron chi connectivity index (χ3n) is 3.38. The molecule has 1 N–H and O–H groups in total. The molecular formula is C13H15F4N. The Morgan fingerprint density at radius 3 is 2.61 bits per heavy atom. The number of piperidine rings is 1. The molecule has 2 atom stereocenters. The van der Waals surface area contributed by atoms with Crippen molar-refractivity contribution in [3.05, 3.63) is 35.1 Å². The summed E-state index contributed by atoms with van der Waals surface area (Å²) >= 11 is 0. The third-order valence-corrected chi connectivity index (χ3v) is 3.38. The molecule has 1 heterocycles. The summed E-state index contributed by atoms with van der Waals surface area (Å²) < 4.78 is 51.7. The molecule has 0 bridgehead atoms. The maximum atomic E-state index is 13.0. The van der Waals surface area contributed by atoms with Crippen LogP contribution in [0.1, 0.15) is 36.8 Å². The van der Waals surface area contributed by atoms with E-state index in [0.29, 0.717) is 25.5 Å². The number of alkyl halides is 3. The highest BCUT2D eigenvalue weighted by Gasteiger charge is 2.36. The molecule has 1 aliphatic rings. The number of nitrogens with one attached hydrogen (secondary N) is 1. The van der Waals surface area contributed by atoms with Gasteiger partial charge < -0.3 is 5.32 Å². The van der Waals surface area contributed by atoms with Crippen molar-refractivity contribution in [2.45, 2.75) is 37.9 Å². The van der Waals surface area contributed by atoms with E-state index in [9.17, 15) is 17.6 Å². The van der Waals surface area contributed by atoms with Crippen LogP contribution < -0.4 is 5.32 Å². The summed E-state index contributed by atoms with van der Waals surface area (Å²) in [5.41, 5.74) is -0.612. The molecule has 0 spiro atoms. The van der Waals surface area contributed by atoms with Gasteiger partial charge in [-0.3, -0.25) is 0 Å². The zero-order valence-corrected chi connectivity index (χ0v) is 10.0. The number of hydrogen-bond acceptors (Lipinski definition) is 1. The summed E-state index contributed by atoms with van der Waals surface area (Å²) in [7, 11) is 0. The Kier molecular flexibility index (Phi) is 3.61. The Morgan fingerprint density at radius 1 is 1.28 bits per heavy atom. The highest BCUT2D eigenvalue weighted by molar-refractivity contribution is 5.34. The van der Waals surface area contributed by atoms with Crippen molar-refractivity contribution < 1.29 is 17.6 Å². The zero-order valence-electron chi connectivity index (χ0n) is 10.0. The molecule has 1 aromatic carbocycles. The molecule has 0 saturated carbocycles. The van der Waals surface area contributed by atoms with Crippen molar-refractivity contribution in [2.75, 3.05) is 6.54 Å². The predicted molar refractivity (Wildman–Crippen MR) is 60.8 cm³/mol. The van der Waals surface area contributed by atoms with Crippen LogP contribution in [-0.2, 0) is 6.18 Å². The lowest BCUT2D eigenvalue weighted by atomic mass is 9.84. The quantitative estimate of drug-likeness (QED) is 0.760. The maximum Gasteiger partial charge on any atom is 0.416 e. The van der Waals surface area contributed by atoms with Gasteiger partial charge in [0.2, 0.25) is 0 Å². The maximum absolute atomic E-state index is 13.0. The van der Waals surface area contributed by atoms with Gasteiger partial charge in [0.25, 0.3) is 0 Å². The first kappa shape index (κ1) is 13.3. The monoisotopic (exact) mass is 261 g/mol. The van der Waals surface area contributed by atoms with Gasteiger partial charge in [-0.15, -0.1) is 0 Å². The van der Waals surface area contributed by atoms with E-state index in [4.69, 9.17) is 0 Å². The number of hydrogen-bond donors (Lipinski definition) is 1. The van der Waals surface area contributed by atoms with Crippen LogP contribution in [0.25, 0.3) is 0 Å². The minimum atomic E-state index is -4.49. The standard InChI is InChI=1S/C13H15F4N/c1-8-6-9(4-5-18-8)11-3-2-10(14)7-12(11)13(15,16)17/h2-3,7-9,18H,4-6H2,1H3/t8-,9-/m0/s1. The minimum Gasteiger partial charge on any atom is -0.314 e. The molecule has 1 aromatic rings. The molecule has 1 fully saturated rings. The molecule has 0 aromatic heterocycles. The second-order valence-corrected chi connectivity index (χ2v) is 4.81. The van der Waals surface area contributed by atoms with Crippen LogP contribution in [0.3, 0.4) is 0 Å². The lowest BCUT2D eigenvalue weighted by Gasteiger charge is -2.30. The SMILES string of the molecule is C[C@H]1C[C@@H](c2ccc(F)cc2C(F)(F)F)CCN1. The van der Waals surface area contributed by atoms with E-state index in [0.717, 1.165) is 6.07 Å². The van der Waals surface area contributed by atoms with Gasteiger partial charge in [-0.1, -0.05) is 6.07 Å². The van der Waals surface area contributed by atoms with Gasteiger partial charge in [0.15, 0.2) is 0 Å². The summed E-state index contributed by atoms with van der Waals surface area (Å²) in [4.78, 5) is 0. The molecule has 0 aliphatic carbocycles. The van der Waals surface area contributed by atoms with Crippen molar-refractivity contribution in [1.82, 2.24) is 5.32 Å². The van der Waals surface area contributed by atoms with Gasteiger partial charge >= 0.3 is 6.18 Å². The smallest absolute Gasteiger partial charge is 0.314 e. The molecule has 0 radical (unpaired) electrons. The van der Waals surface area contributed by atoms with Crippen molar-refractivity contribution in [3.8, 4) is 0 Å². The fourth-order valence-corrected chi connectivity index (χ4v) is 2.54. The molecule has 5 heteroatoms. The Balaban J connectivity index is 2.37. The summed E-state index contributed by atoms with van der Waals surface area (Å²) in [6.45, 7) is 2.64. The third kappa shape index (κ3) is 2.83. The Hall–Kier alpha value is -1.10. The highest BCUT2D eigenvalue weighted by Crippen LogP contribution is 2.38. The van der Waals surface area contributed by atoms with E-state index >= 15 is 0 Å². The zero-order chi connectivity index (χ0) is 13.3. The first-order valence-corrected chi connectivity index (χ1v) is 5.98. The number of rotatable bonds is 1. The molecule has 1 saturated heterocycles. The lowest BCUT2D eigenvalue weighted by molar-refractivity contribution is -0.138. The van der Waals surface area contributed by atoms with Gasteiger partial charge in [0.1, 0.15) is 5.82 Å². The minimum absolute atomic E-state index is 0.154. The Bertz CT molecular complexity index is 427. The largest absolute Gasteiger partial charge is 0.416 e. The predicted octanol–water partition coefficient (Wildman–Crippen LogP) is 3.70.